The number of aliphatic imine (C=N–C) groups is 2. The van der Waals surface area contributed by atoms with Gasteiger partial charge in [-0.05, 0) is 17.7 Å². The van der Waals surface area contributed by atoms with Crippen LogP contribution < -0.4 is 0 Å². The minimum atomic E-state index is 0.251. The van der Waals surface area contributed by atoms with E-state index in [-0.39, 0.29) is 6.04 Å². The van der Waals surface area contributed by atoms with Crippen molar-refractivity contribution in [2.24, 2.45) is 15.9 Å². The third-order valence-electron chi connectivity index (χ3n) is 3.38. The van der Waals surface area contributed by atoms with Gasteiger partial charge in [-0.15, -0.1) is 0 Å². The van der Waals surface area contributed by atoms with Crippen LogP contribution >= 0.6 is 0 Å². The first-order valence-electron chi connectivity index (χ1n) is 6.07. The van der Waals surface area contributed by atoms with Crippen molar-refractivity contribution >= 4 is 12.1 Å². The summed E-state index contributed by atoms with van der Waals surface area (Å²) in [5.41, 5.74) is 1.19. The molecule has 0 saturated carbocycles. The second-order valence-corrected chi connectivity index (χ2v) is 4.70. The highest BCUT2D eigenvalue weighted by atomic mass is 16.3. The molecule has 3 rings (SSSR count). The van der Waals surface area contributed by atoms with Crippen LogP contribution in [-0.2, 0) is 0 Å². The Balaban J connectivity index is 1.99. The molecule has 1 aromatic rings. The fourth-order valence-corrected chi connectivity index (χ4v) is 2.49. The van der Waals surface area contributed by atoms with Gasteiger partial charge < -0.3 is 10.0 Å². The lowest BCUT2D eigenvalue weighted by Gasteiger charge is -2.38. The first-order chi connectivity index (χ1) is 8.75. The molecule has 0 radical (unpaired) electrons. The lowest BCUT2D eigenvalue weighted by Crippen LogP contribution is -2.40. The molecular weight excluding hydrogens is 226 g/mol. The summed E-state index contributed by atoms with van der Waals surface area (Å²) in [6.07, 6.45) is 5.54. The number of rotatable bonds is 1. The molecule has 2 aliphatic rings. The molecule has 2 unspecified atom stereocenters. The van der Waals surface area contributed by atoms with Crippen LogP contribution in [0, 0.1) is 5.92 Å². The highest BCUT2D eigenvalue weighted by molar-refractivity contribution is 6.30. The van der Waals surface area contributed by atoms with E-state index in [2.05, 4.69) is 21.8 Å². The average Bonchev–Trinajstić information content (AvgIpc) is 2.40. The lowest BCUT2D eigenvalue weighted by molar-refractivity contribution is 0.288. The highest BCUT2D eigenvalue weighted by Crippen LogP contribution is 2.33. The van der Waals surface area contributed by atoms with Gasteiger partial charge >= 0.3 is 0 Å². The zero-order valence-electron chi connectivity index (χ0n) is 10.2. The summed E-state index contributed by atoms with van der Waals surface area (Å²) in [7, 11) is 0. The monoisotopic (exact) mass is 241 g/mol. The summed E-state index contributed by atoms with van der Waals surface area (Å²) in [5, 5.41) is 9.38. The Morgan fingerprint density at radius 2 is 2.06 bits per heavy atom. The molecule has 4 nitrogen and oxygen atoms in total. The van der Waals surface area contributed by atoms with E-state index >= 15 is 0 Å². The predicted octanol–water partition coefficient (Wildman–Crippen LogP) is 2.34. The second-order valence-electron chi connectivity index (χ2n) is 4.70. The van der Waals surface area contributed by atoms with Crippen LogP contribution in [0.15, 0.2) is 46.7 Å². The SMILES string of the molecule is CC1CN=C2C=NC=CN2C1c1ccc(O)cc1. The third-order valence-corrected chi connectivity index (χ3v) is 3.38. The number of phenolic OH excluding ortho intramolecular Hbond substituents is 1. The smallest absolute Gasteiger partial charge is 0.146 e. The fraction of sp³-hybridized carbons (Fsp3) is 0.286. The molecule has 1 aromatic carbocycles. The van der Waals surface area contributed by atoms with Gasteiger partial charge in [0, 0.05) is 24.9 Å². The minimum absolute atomic E-state index is 0.251. The number of aromatic hydroxyl groups is 1. The van der Waals surface area contributed by atoms with Crippen LogP contribution in [0.3, 0.4) is 0 Å². The molecule has 0 amide bonds. The molecule has 1 N–H and O–H groups in total. The van der Waals surface area contributed by atoms with Gasteiger partial charge in [-0.25, -0.2) is 0 Å². The van der Waals surface area contributed by atoms with E-state index in [1.807, 2.05) is 18.3 Å². The Morgan fingerprint density at radius 1 is 1.28 bits per heavy atom. The van der Waals surface area contributed by atoms with Gasteiger partial charge in [-0.3, -0.25) is 9.98 Å². The Labute approximate surface area is 106 Å². The van der Waals surface area contributed by atoms with Crippen molar-refractivity contribution in [2.75, 3.05) is 6.54 Å². The van der Waals surface area contributed by atoms with Crippen LogP contribution in [0.1, 0.15) is 18.5 Å². The third kappa shape index (κ3) is 1.79. The van der Waals surface area contributed by atoms with Crippen LogP contribution in [0.5, 0.6) is 5.75 Å². The molecule has 2 aliphatic heterocycles. The van der Waals surface area contributed by atoms with E-state index in [0.717, 1.165) is 12.4 Å². The Kier molecular flexibility index (Phi) is 2.63. The maximum atomic E-state index is 9.38. The molecule has 0 aliphatic carbocycles. The largest absolute Gasteiger partial charge is 0.508 e. The fourth-order valence-electron chi connectivity index (χ4n) is 2.49. The van der Waals surface area contributed by atoms with Crippen molar-refractivity contribution in [3.63, 3.8) is 0 Å². The van der Waals surface area contributed by atoms with E-state index in [1.54, 1.807) is 24.5 Å². The van der Waals surface area contributed by atoms with Crippen molar-refractivity contribution in [1.29, 1.82) is 0 Å². The zero-order valence-corrected chi connectivity index (χ0v) is 10.2. The zero-order chi connectivity index (χ0) is 12.5. The molecule has 0 fully saturated rings. The lowest BCUT2D eigenvalue weighted by atomic mass is 9.91. The number of nitrogens with zero attached hydrogens (tertiary/aromatic N) is 3. The Hall–Kier alpha value is -2.10. The highest BCUT2D eigenvalue weighted by Gasteiger charge is 2.31. The quantitative estimate of drug-likeness (QED) is 0.820. The minimum Gasteiger partial charge on any atom is -0.508 e. The summed E-state index contributed by atoms with van der Waals surface area (Å²) < 4.78 is 0. The van der Waals surface area contributed by atoms with Gasteiger partial charge in [0.1, 0.15) is 11.6 Å². The van der Waals surface area contributed by atoms with E-state index in [9.17, 15) is 5.11 Å². The van der Waals surface area contributed by atoms with Crippen LogP contribution in [-0.4, -0.2) is 28.6 Å². The summed E-state index contributed by atoms with van der Waals surface area (Å²) in [6.45, 7) is 2.99. The van der Waals surface area contributed by atoms with Gasteiger partial charge in [0.15, 0.2) is 0 Å². The van der Waals surface area contributed by atoms with Crippen molar-refractivity contribution in [2.45, 2.75) is 13.0 Å². The average molecular weight is 241 g/mol. The van der Waals surface area contributed by atoms with E-state index < -0.39 is 0 Å². The number of fused-ring (bicyclic) bond motifs is 1. The molecule has 0 spiro atoms. The summed E-state index contributed by atoms with van der Waals surface area (Å²) >= 11 is 0. The standard InChI is InChI=1S/C14H15N3O/c1-10-8-16-13-9-15-6-7-17(13)14(10)11-2-4-12(18)5-3-11/h2-7,9-10,14,18H,8H2,1H3. The predicted molar refractivity (Wildman–Crippen MR) is 71.8 cm³/mol. The molecule has 2 atom stereocenters. The van der Waals surface area contributed by atoms with Gasteiger partial charge in [-0.1, -0.05) is 19.1 Å². The summed E-state index contributed by atoms with van der Waals surface area (Å²) in [4.78, 5) is 10.8. The molecule has 18 heavy (non-hydrogen) atoms. The van der Waals surface area contributed by atoms with Crippen molar-refractivity contribution in [3.05, 3.63) is 42.2 Å². The van der Waals surface area contributed by atoms with E-state index in [1.165, 1.54) is 5.56 Å². The van der Waals surface area contributed by atoms with Crippen molar-refractivity contribution in [3.8, 4) is 5.75 Å². The van der Waals surface area contributed by atoms with E-state index in [0.29, 0.717) is 11.7 Å². The Morgan fingerprint density at radius 3 is 2.83 bits per heavy atom. The van der Waals surface area contributed by atoms with Gasteiger partial charge in [-0.2, -0.15) is 0 Å². The normalized spacial score (nSPS) is 25.8. The molecule has 4 heteroatoms. The van der Waals surface area contributed by atoms with Crippen molar-refractivity contribution in [1.82, 2.24) is 4.90 Å². The maximum Gasteiger partial charge on any atom is 0.146 e. The molecule has 0 saturated heterocycles. The number of phenols is 1. The number of amidine groups is 1. The van der Waals surface area contributed by atoms with Crippen molar-refractivity contribution < 1.29 is 5.11 Å². The molecule has 0 aromatic heterocycles. The maximum absolute atomic E-state index is 9.38. The van der Waals surface area contributed by atoms with Gasteiger partial charge in [0.05, 0.1) is 12.3 Å². The van der Waals surface area contributed by atoms with Gasteiger partial charge in [0.25, 0.3) is 0 Å². The summed E-state index contributed by atoms with van der Waals surface area (Å²) in [6, 6.07) is 7.66. The first kappa shape index (κ1) is 11.0. The number of hydrogen-bond acceptors (Lipinski definition) is 4. The molecule has 2 heterocycles. The first-order valence-corrected chi connectivity index (χ1v) is 6.07. The number of hydrogen-bond donors (Lipinski definition) is 1. The van der Waals surface area contributed by atoms with Crippen LogP contribution in [0.4, 0.5) is 0 Å². The van der Waals surface area contributed by atoms with Gasteiger partial charge in [0.2, 0.25) is 0 Å². The van der Waals surface area contributed by atoms with Crippen LogP contribution in [0.2, 0.25) is 0 Å². The number of benzene rings is 1. The van der Waals surface area contributed by atoms with E-state index in [4.69, 9.17) is 0 Å². The van der Waals surface area contributed by atoms with Crippen LogP contribution in [0.25, 0.3) is 0 Å². The molecule has 0 bridgehead atoms. The molecular formula is C14H15N3O. The topological polar surface area (TPSA) is 48.2 Å². The molecule has 92 valence electrons. The Bertz CT molecular complexity index is 530. The summed E-state index contributed by atoms with van der Waals surface area (Å²) in [5.74, 6) is 1.63. The second kappa shape index (κ2) is 4.29.